The maximum atomic E-state index is 12.8. The lowest BCUT2D eigenvalue weighted by atomic mass is 9.98. The summed E-state index contributed by atoms with van der Waals surface area (Å²) in [6.07, 6.45) is 2.03. The Bertz CT molecular complexity index is 1040. The number of nitrogens with zero attached hydrogens (tertiary/aromatic N) is 1. The Hall–Kier alpha value is -3.35. The molecule has 1 heterocycles. The highest BCUT2D eigenvalue weighted by Gasteiger charge is 2.38. The average molecular weight is 449 g/mol. The van der Waals surface area contributed by atoms with Crippen LogP contribution >= 0.6 is 0 Å². The van der Waals surface area contributed by atoms with Crippen molar-refractivity contribution in [2.75, 3.05) is 19.7 Å². The van der Waals surface area contributed by atoms with Gasteiger partial charge in [0.1, 0.15) is 6.61 Å². The fraction of sp³-hybridized carbons (Fsp3) is 0.423. The van der Waals surface area contributed by atoms with Crippen molar-refractivity contribution < 1.29 is 24.2 Å². The molecular weight excluding hydrogens is 420 g/mol. The predicted molar refractivity (Wildman–Crippen MR) is 122 cm³/mol. The van der Waals surface area contributed by atoms with Crippen LogP contribution in [-0.4, -0.2) is 53.7 Å². The molecule has 1 unspecified atom stereocenters. The first-order chi connectivity index (χ1) is 16.0. The summed E-state index contributed by atoms with van der Waals surface area (Å²) in [6, 6.07) is 16.3. The fourth-order valence-corrected chi connectivity index (χ4v) is 5.56. The van der Waals surface area contributed by atoms with Crippen LogP contribution in [0.2, 0.25) is 0 Å². The van der Waals surface area contributed by atoms with Gasteiger partial charge in [0, 0.05) is 31.0 Å². The highest BCUT2D eigenvalue weighted by molar-refractivity contribution is 5.81. The molecule has 1 saturated carbocycles. The molecule has 2 aromatic carbocycles. The molecule has 1 saturated heterocycles. The SMILES string of the molecule is O=C(N[C@@H]1CC[C@H](C(=O)N2CCC(C(=O)O)C2)C1)OCC1c2ccccc2-c2ccccc21. The quantitative estimate of drug-likeness (QED) is 0.728. The molecule has 0 bridgehead atoms. The summed E-state index contributed by atoms with van der Waals surface area (Å²) < 4.78 is 5.63. The Morgan fingerprint density at radius 1 is 0.939 bits per heavy atom. The first-order valence-electron chi connectivity index (χ1n) is 11.6. The van der Waals surface area contributed by atoms with E-state index >= 15 is 0 Å². The Balaban J connectivity index is 1.14. The number of alkyl carbamates (subject to hydrolysis) is 1. The maximum Gasteiger partial charge on any atom is 0.407 e. The van der Waals surface area contributed by atoms with Gasteiger partial charge in [0.2, 0.25) is 5.91 Å². The Morgan fingerprint density at radius 2 is 1.61 bits per heavy atom. The topological polar surface area (TPSA) is 95.9 Å². The lowest BCUT2D eigenvalue weighted by Gasteiger charge is -2.20. The Morgan fingerprint density at radius 3 is 2.24 bits per heavy atom. The van der Waals surface area contributed by atoms with E-state index in [0.29, 0.717) is 25.8 Å². The third-order valence-electron chi connectivity index (χ3n) is 7.30. The molecule has 7 heteroatoms. The lowest BCUT2D eigenvalue weighted by Crippen LogP contribution is -2.37. The van der Waals surface area contributed by atoms with Gasteiger partial charge in [-0.2, -0.15) is 0 Å². The van der Waals surface area contributed by atoms with Crippen molar-refractivity contribution in [3.8, 4) is 11.1 Å². The number of amides is 2. The highest BCUT2D eigenvalue weighted by atomic mass is 16.5. The Labute approximate surface area is 192 Å². The molecule has 172 valence electrons. The van der Waals surface area contributed by atoms with E-state index < -0.39 is 18.0 Å². The van der Waals surface area contributed by atoms with E-state index in [-0.39, 0.29) is 36.9 Å². The summed E-state index contributed by atoms with van der Waals surface area (Å²) in [5.41, 5.74) is 4.71. The normalized spacial score (nSPS) is 23.8. The van der Waals surface area contributed by atoms with Crippen molar-refractivity contribution in [1.82, 2.24) is 10.2 Å². The van der Waals surface area contributed by atoms with Gasteiger partial charge < -0.3 is 20.1 Å². The molecular formula is C26H28N2O5. The van der Waals surface area contributed by atoms with Crippen LogP contribution in [0.1, 0.15) is 42.7 Å². The van der Waals surface area contributed by atoms with Crippen LogP contribution in [0.5, 0.6) is 0 Å². The third kappa shape index (κ3) is 4.19. The molecule has 2 aromatic rings. The van der Waals surface area contributed by atoms with Gasteiger partial charge in [0.05, 0.1) is 5.92 Å². The number of nitrogens with one attached hydrogen (secondary N) is 1. The second-order valence-corrected chi connectivity index (χ2v) is 9.28. The number of hydrogen-bond donors (Lipinski definition) is 2. The van der Waals surface area contributed by atoms with Gasteiger partial charge in [-0.15, -0.1) is 0 Å². The number of carbonyl (C=O) groups excluding carboxylic acids is 2. The van der Waals surface area contributed by atoms with Gasteiger partial charge in [-0.3, -0.25) is 9.59 Å². The van der Waals surface area contributed by atoms with Gasteiger partial charge in [0.25, 0.3) is 0 Å². The maximum absolute atomic E-state index is 12.8. The second kappa shape index (κ2) is 8.89. The first-order valence-corrected chi connectivity index (χ1v) is 11.6. The summed E-state index contributed by atoms with van der Waals surface area (Å²) in [5, 5.41) is 12.1. The number of benzene rings is 2. The van der Waals surface area contributed by atoms with Crippen LogP contribution in [0.3, 0.4) is 0 Å². The molecule has 1 aliphatic heterocycles. The average Bonchev–Trinajstić information content (AvgIpc) is 3.55. The number of fused-ring (bicyclic) bond motifs is 3. The molecule has 2 N–H and O–H groups in total. The standard InChI is InChI=1S/C26H28N2O5/c29-24(28-12-11-17(14-28)25(30)31)16-9-10-18(13-16)27-26(32)33-15-23-21-7-3-1-5-19(21)20-6-2-4-8-22(20)23/h1-8,16-18,23H,9-15H2,(H,27,32)(H,30,31)/t16-,17?,18+/m0/s1. The zero-order chi connectivity index (χ0) is 22.9. The zero-order valence-electron chi connectivity index (χ0n) is 18.4. The van der Waals surface area contributed by atoms with Crippen molar-refractivity contribution in [2.24, 2.45) is 11.8 Å². The van der Waals surface area contributed by atoms with Crippen molar-refractivity contribution in [3.63, 3.8) is 0 Å². The van der Waals surface area contributed by atoms with Crippen LogP contribution in [-0.2, 0) is 14.3 Å². The monoisotopic (exact) mass is 448 g/mol. The van der Waals surface area contributed by atoms with Crippen molar-refractivity contribution in [3.05, 3.63) is 59.7 Å². The van der Waals surface area contributed by atoms with Gasteiger partial charge in [-0.1, -0.05) is 48.5 Å². The molecule has 2 aliphatic carbocycles. The van der Waals surface area contributed by atoms with Crippen LogP contribution in [0.25, 0.3) is 11.1 Å². The fourth-order valence-electron chi connectivity index (χ4n) is 5.56. The minimum atomic E-state index is -0.841. The van der Waals surface area contributed by atoms with Crippen LogP contribution < -0.4 is 5.32 Å². The van der Waals surface area contributed by atoms with Crippen molar-refractivity contribution >= 4 is 18.0 Å². The summed E-state index contributed by atoms with van der Waals surface area (Å²) >= 11 is 0. The first kappa shape index (κ1) is 21.5. The van der Waals surface area contributed by atoms with E-state index in [1.54, 1.807) is 4.90 Å². The summed E-state index contributed by atoms with van der Waals surface area (Å²) in [4.78, 5) is 38.1. The second-order valence-electron chi connectivity index (χ2n) is 9.28. The molecule has 0 radical (unpaired) electrons. The molecule has 2 fully saturated rings. The zero-order valence-corrected chi connectivity index (χ0v) is 18.4. The number of likely N-dealkylation sites (tertiary alicyclic amines) is 1. The molecule has 3 atom stereocenters. The molecule has 7 nitrogen and oxygen atoms in total. The summed E-state index contributed by atoms with van der Waals surface area (Å²) in [7, 11) is 0. The number of ether oxygens (including phenoxy) is 1. The van der Waals surface area contributed by atoms with E-state index in [1.165, 1.54) is 22.3 Å². The number of carboxylic acid groups (broad SMARTS) is 1. The van der Waals surface area contributed by atoms with E-state index in [1.807, 2.05) is 24.3 Å². The van der Waals surface area contributed by atoms with Gasteiger partial charge in [-0.25, -0.2) is 4.79 Å². The molecule has 3 aliphatic rings. The van der Waals surface area contributed by atoms with Gasteiger partial charge in [-0.05, 0) is 47.9 Å². The van der Waals surface area contributed by atoms with Crippen LogP contribution in [0.15, 0.2) is 48.5 Å². The number of rotatable bonds is 5. The predicted octanol–water partition coefficient (Wildman–Crippen LogP) is 3.63. The lowest BCUT2D eigenvalue weighted by molar-refractivity contribution is -0.141. The third-order valence-corrected chi connectivity index (χ3v) is 7.30. The van der Waals surface area contributed by atoms with Gasteiger partial charge >= 0.3 is 12.1 Å². The number of hydrogen-bond acceptors (Lipinski definition) is 4. The summed E-state index contributed by atoms with van der Waals surface area (Å²) in [6.45, 7) is 1.05. The van der Waals surface area contributed by atoms with E-state index in [0.717, 1.165) is 6.42 Å². The van der Waals surface area contributed by atoms with E-state index in [4.69, 9.17) is 9.84 Å². The Kier molecular flexibility index (Phi) is 5.79. The molecule has 5 rings (SSSR count). The minimum absolute atomic E-state index is 0.00980. The number of carbonyl (C=O) groups is 3. The van der Waals surface area contributed by atoms with Crippen LogP contribution in [0, 0.1) is 11.8 Å². The van der Waals surface area contributed by atoms with Crippen molar-refractivity contribution in [1.29, 1.82) is 0 Å². The van der Waals surface area contributed by atoms with Crippen LogP contribution in [0.4, 0.5) is 4.79 Å². The number of carboxylic acids is 1. The molecule has 0 aromatic heterocycles. The van der Waals surface area contributed by atoms with E-state index in [9.17, 15) is 14.4 Å². The summed E-state index contributed by atoms with van der Waals surface area (Å²) in [5.74, 6) is -1.46. The number of aliphatic carboxylic acids is 1. The smallest absolute Gasteiger partial charge is 0.407 e. The van der Waals surface area contributed by atoms with Crippen molar-refractivity contribution in [2.45, 2.75) is 37.6 Å². The molecule has 33 heavy (non-hydrogen) atoms. The largest absolute Gasteiger partial charge is 0.481 e. The van der Waals surface area contributed by atoms with E-state index in [2.05, 4.69) is 29.6 Å². The molecule has 0 spiro atoms. The van der Waals surface area contributed by atoms with Gasteiger partial charge in [0.15, 0.2) is 0 Å². The molecule has 2 amide bonds. The highest BCUT2D eigenvalue weighted by Crippen LogP contribution is 2.44. The minimum Gasteiger partial charge on any atom is -0.481 e.